The molecule has 2 N–H and O–H groups in total. The van der Waals surface area contributed by atoms with Gasteiger partial charge in [-0.05, 0) is 27.7 Å². The number of nitrogens with zero attached hydrogens (tertiary/aromatic N) is 2. The lowest BCUT2D eigenvalue weighted by Crippen LogP contribution is -2.24. The average Bonchev–Trinajstić information content (AvgIpc) is 3.26. The van der Waals surface area contributed by atoms with Crippen LogP contribution in [0.3, 0.4) is 0 Å². The van der Waals surface area contributed by atoms with Gasteiger partial charge in [0.25, 0.3) is 0 Å². The van der Waals surface area contributed by atoms with Gasteiger partial charge in [0.1, 0.15) is 23.9 Å². The Morgan fingerprint density at radius 1 is 0.686 bits per heavy atom. The normalized spacial score (nSPS) is 12.3. The Morgan fingerprint density at radius 3 is 1.26 bits per heavy atom. The number of sulfonamides is 2. The van der Waals surface area contributed by atoms with Crippen LogP contribution < -0.4 is 27.6 Å². The second-order valence-electron chi connectivity index (χ2n) is 7.23. The molecule has 0 aromatic carbocycles. The second kappa shape index (κ2) is 10.9. The predicted molar refractivity (Wildman–Crippen MR) is 132 cm³/mol. The highest BCUT2D eigenvalue weighted by Crippen LogP contribution is 2.41. The smallest absolute Gasteiger partial charge is 0.429 e. The van der Waals surface area contributed by atoms with Crippen molar-refractivity contribution >= 4 is 53.2 Å². The van der Waals surface area contributed by atoms with E-state index in [9.17, 15) is 25.3 Å². The minimum atomic E-state index is -4.99. The molecule has 0 atom stereocenters. The van der Waals surface area contributed by atoms with Gasteiger partial charge in [-0.2, -0.15) is 0 Å². The first-order chi connectivity index (χ1) is 16.1. The van der Waals surface area contributed by atoms with Crippen LogP contribution in [0.1, 0.15) is 27.7 Å². The third-order valence-corrected chi connectivity index (χ3v) is 6.48. The third kappa shape index (κ3) is 7.60. The SMILES string of the molecule is CCN(CC)c1coc(OS(=O)(=O)Oc2occ(N(CC)CC)c2NS(C)(=O)=O)c1NS(C)(=O)=O. The van der Waals surface area contributed by atoms with E-state index in [0.717, 1.165) is 25.0 Å². The van der Waals surface area contributed by atoms with Gasteiger partial charge in [-0.3, -0.25) is 9.44 Å². The van der Waals surface area contributed by atoms with E-state index in [-0.39, 0.29) is 22.7 Å². The van der Waals surface area contributed by atoms with Crippen molar-refractivity contribution in [2.75, 3.05) is 57.9 Å². The van der Waals surface area contributed by atoms with E-state index < -0.39 is 42.3 Å². The van der Waals surface area contributed by atoms with Crippen LogP contribution in [0.15, 0.2) is 21.4 Å². The van der Waals surface area contributed by atoms with Crippen molar-refractivity contribution in [1.82, 2.24) is 0 Å². The summed E-state index contributed by atoms with van der Waals surface area (Å²) in [6.07, 6.45) is 4.02. The average molecular weight is 559 g/mol. The topological polar surface area (TPSA) is 178 Å². The lowest BCUT2D eigenvalue weighted by Gasteiger charge is -2.20. The Kier molecular flexibility index (Phi) is 8.83. The molecule has 0 saturated carbocycles. The molecule has 0 unspecified atom stereocenters. The van der Waals surface area contributed by atoms with Crippen molar-refractivity contribution in [3.8, 4) is 11.9 Å². The summed E-state index contributed by atoms with van der Waals surface area (Å²) in [7, 11) is -12.7. The van der Waals surface area contributed by atoms with Crippen molar-refractivity contribution in [2.24, 2.45) is 0 Å². The molecule has 0 aliphatic heterocycles. The molecule has 0 aliphatic rings. The van der Waals surface area contributed by atoms with Crippen LogP contribution in [0, 0.1) is 0 Å². The molecule has 0 aliphatic carbocycles. The van der Waals surface area contributed by atoms with Crippen LogP contribution in [0.25, 0.3) is 0 Å². The highest BCUT2D eigenvalue weighted by molar-refractivity contribution is 7.92. The molecule has 2 aromatic heterocycles. The fourth-order valence-electron chi connectivity index (χ4n) is 3.14. The van der Waals surface area contributed by atoms with Crippen molar-refractivity contribution in [1.29, 1.82) is 0 Å². The number of anilines is 4. The van der Waals surface area contributed by atoms with E-state index in [0.29, 0.717) is 26.2 Å². The van der Waals surface area contributed by atoms with Gasteiger partial charge >= 0.3 is 22.3 Å². The van der Waals surface area contributed by atoms with Gasteiger partial charge in [0, 0.05) is 26.2 Å². The van der Waals surface area contributed by atoms with E-state index >= 15 is 0 Å². The van der Waals surface area contributed by atoms with Gasteiger partial charge in [0.2, 0.25) is 20.0 Å². The quantitative estimate of drug-likeness (QED) is 0.345. The molecule has 2 heterocycles. The number of hydrogen-bond donors (Lipinski definition) is 2. The summed E-state index contributed by atoms with van der Waals surface area (Å²) < 4.78 is 97.4. The van der Waals surface area contributed by atoms with Crippen LogP contribution in [0.5, 0.6) is 11.9 Å². The zero-order valence-electron chi connectivity index (χ0n) is 20.2. The van der Waals surface area contributed by atoms with Crippen molar-refractivity contribution < 1.29 is 42.5 Å². The molecular weight excluding hydrogens is 528 g/mol. The van der Waals surface area contributed by atoms with Gasteiger partial charge in [-0.25, -0.2) is 16.8 Å². The van der Waals surface area contributed by atoms with Crippen LogP contribution in [-0.4, -0.2) is 63.9 Å². The standard InChI is InChI=1S/C18H30N4O10S3/c1-7-21(8-2)13-11-29-17(15(13)19-33(5,23)24)31-35(27,28)32-18-16(20-34(6,25)26)14(12-30-18)22(9-3)10-4/h11-12,19-20H,7-10H2,1-6H3. The zero-order valence-corrected chi connectivity index (χ0v) is 22.6. The maximum absolute atomic E-state index is 12.7. The molecule has 2 rings (SSSR count). The van der Waals surface area contributed by atoms with Crippen LogP contribution in [-0.2, 0) is 30.4 Å². The van der Waals surface area contributed by atoms with E-state index in [4.69, 9.17) is 17.2 Å². The summed E-state index contributed by atoms with van der Waals surface area (Å²) in [5.74, 6) is -1.41. The molecule has 2 aromatic rings. The summed E-state index contributed by atoms with van der Waals surface area (Å²) in [4.78, 5) is 3.41. The summed E-state index contributed by atoms with van der Waals surface area (Å²) >= 11 is 0. The van der Waals surface area contributed by atoms with Crippen LogP contribution in [0.2, 0.25) is 0 Å². The minimum Gasteiger partial charge on any atom is -0.429 e. The maximum Gasteiger partial charge on any atom is 0.506 e. The summed E-state index contributed by atoms with van der Waals surface area (Å²) in [5, 5.41) is 0. The Hall–Kier alpha value is -2.79. The highest BCUT2D eigenvalue weighted by Gasteiger charge is 2.31. The van der Waals surface area contributed by atoms with Gasteiger partial charge in [0.05, 0.1) is 12.5 Å². The van der Waals surface area contributed by atoms with Gasteiger partial charge in [-0.15, -0.1) is 8.42 Å². The van der Waals surface area contributed by atoms with Gasteiger partial charge < -0.3 is 27.0 Å². The Labute approximate surface area is 205 Å². The Balaban J connectivity index is 2.47. The maximum atomic E-state index is 12.7. The summed E-state index contributed by atoms with van der Waals surface area (Å²) in [6.45, 7) is 9.06. The molecule has 200 valence electrons. The first kappa shape index (κ1) is 28.4. The minimum absolute atomic E-state index is 0.242. The largest absolute Gasteiger partial charge is 0.506 e. The van der Waals surface area contributed by atoms with E-state index in [1.54, 1.807) is 9.80 Å². The van der Waals surface area contributed by atoms with Crippen molar-refractivity contribution in [2.45, 2.75) is 27.7 Å². The lowest BCUT2D eigenvalue weighted by atomic mass is 10.3. The lowest BCUT2D eigenvalue weighted by molar-refractivity contribution is 0.310. The Morgan fingerprint density at radius 2 is 1.00 bits per heavy atom. The van der Waals surface area contributed by atoms with Gasteiger partial charge in [0.15, 0.2) is 11.4 Å². The first-order valence-electron chi connectivity index (χ1n) is 10.5. The highest BCUT2D eigenvalue weighted by atomic mass is 32.3. The summed E-state index contributed by atoms with van der Waals surface area (Å²) in [5.41, 5.74) is -0.0129. The fourth-order valence-corrected chi connectivity index (χ4v) is 4.91. The third-order valence-electron chi connectivity index (χ3n) is 4.61. The molecule has 0 fully saturated rings. The Bertz CT molecular complexity index is 1230. The van der Waals surface area contributed by atoms with E-state index in [1.807, 2.05) is 27.7 Å². The molecule has 0 spiro atoms. The second-order valence-corrected chi connectivity index (χ2v) is 11.9. The van der Waals surface area contributed by atoms with Crippen molar-refractivity contribution in [3.63, 3.8) is 0 Å². The summed E-state index contributed by atoms with van der Waals surface area (Å²) in [6, 6.07) is 0. The monoisotopic (exact) mass is 558 g/mol. The van der Waals surface area contributed by atoms with Crippen molar-refractivity contribution in [3.05, 3.63) is 12.5 Å². The van der Waals surface area contributed by atoms with E-state index in [1.165, 1.54) is 0 Å². The fraction of sp³-hybridized carbons (Fsp3) is 0.556. The number of furan rings is 2. The molecule has 0 bridgehead atoms. The zero-order chi connectivity index (χ0) is 26.6. The van der Waals surface area contributed by atoms with Gasteiger partial charge in [-0.1, -0.05) is 0 Å². The number of hydrogen-bond acceptors (Lipinski definition) is 12. The molecular formula is C18H30N4O10S3. The molecule has 17 heteroatoms. The predicted octanol–water partition coefficient (Wildman–Crippen LogP) is 2.01. The number of rotatable bonds is 14. The molecule has 0 amide bonds. The van der Waals surface area contributed by atoms with Crippen LogP contribution >= 0.6 is 0 Å². The van der Waals surface area contributed by atoms with Crippen LogP contribution in [0.4, 0.5) is 22.7 Å². The molecule has 0 radical (unpaired) electrons. The van der Waals surface area contributed by atoms with E-state index in [2.05, 4.69) is 9.44 Å². The first-order valence-corrected chi connectivity index (χ1v) is 15.6. The number of nitrogens with one attached hydrogen (secondary N) is 2. The molecule has 35 heavy (non-hydrogen) atoms. The molecule has 0 saturated heterocycles. The molecule has 14 nitrogen and oxygen atoms in total.